The fraction of sp³-hybridized carbons (Fsp3) is 0.227. The summed E-state index contributed by atoms with van der Waals surface area (Å²) in [6, 6.07) is 15.8. The minimum absolute atomic E-state index is 0.0437. The number of aromatic nitrogens is 2. The molecule has 2 heterocycles. The lowest BCUT2D eigenvalue weighted by Crippen LogP contribution is -2.49. The molecule has 0 radical (unpaired) electrons. The molecule has 8 heteroatoms. The van der Waals surface area contributed by atoms with Crippen molar-refractivity contribution >= 4 is 11.7 Å². The van der Waals surface area contributed by atoms with Crippen LogP contribution < -0.4 is 15.2 Å². The topological polar surface area (TPSA) is 67.7 Å². The Morgan fingerprint density at radius 3 is 2.43 bits per heavy atom. The van der Waals surface area contributed by atoms with E-state index < -0.39 is 0 Å². The predicted molar refractivity (Wildman–Crippen MR) is 111 cm³/mol. The Hall–Kier alpha value is -3.68. The number of halogens is 1. The van der Waals surface area contributed by atoms with Gasteiger partial charge in [-0.2, -0.15) is 4.68 Å². The average molecular weight is 408 g/mol. The van der Waals surface area contributed by atoms with Gasteiger partial charge in [0.1, 0.15) is 17.4 Å². The summed E-state index contributed by atoms with van der Waals surface area (Å²) in [5.41, 5.74) is 0.790. The standard InChI is InChI=1S/C22H21FN4O3/c1-30-19-4-2-3-16(15-19)22(29)26-13-11-25(12-14-26)20-9-10-21(28)27(24-20)18-7-5-17(23)6-8-18/h2-10,15H,11-14H2,1H3. The lowest BCUT2D eigenvalue weighted by Gasteiger charge is -2.35. The highest BCUT2D eigenvalue weighted by Crippen LogP contribution is 2.18. The maximum atomic E-state index is 13.2. The van der Waals surface area contributed by atoms with Crippen molar-refractivity contribution in [2.75, 3.05) is 38.2 Å². The Morgan fingerprint density at radius 1 is 1.00 bits per heavy atom. The largest absolute Gasteiger partial charge is 0.497 e. The number of nitrogens with zero attached hydrogens (tertiary/aromatic N) is 4. The van der Waals surface area contributed by atoms with Crippen LogP contribution in [0.4, 0.5) is 10.2 Å². The van der Waals surface area contributed by atoms with Crippen LogP contribution in [0.15, 0.2) is 65.5 Å². The lowest BCUT2D eigenvalue weighted by atomic mass is 10.1. The van der Waals surface area contributed by atoms with Crippen molar-refractivity contribution < 1.29 is 13.9 Å². The van der Waals surface area contributed by atoms with Crippen LogP contribution in [0.25, 0.3) is 5.69 Å². The second kappa shape index (κ2) is 8.36. The molecule has 0 N–H and O–H groups in total. The highest BCUT2D eigenvalue weighted by molar-refractivity contribution is 5.94. The van der Waals surface area contributed by atoms with Gasteiger partial charge in [0.25, 0.3) is 11.5 Å². The van der Waals surface area contributed by atoms with Gasteiger partial charge in [-0.3, -0.25) is 9.59 Å². The van der Waals surface area contributed by atoms with Crippen LogP contribution in [0.3, 0.4) is 0 Å². The summed E-state index contributed by atoms with van der Waals surface area (Å²) in [5.74, 6) is 0.858. The van der Waals surface area contributed by atoms with Crippen LogP contribution in [0.2, 0.25) is 0 Å². The Balaban J connectivity index is 1.47. The summed E-state index contributed by atoms with van der Waals surface area (Å²) < 4.78 is 19.6. The van der Waals surface area contributed by atoms with E-state index in [2.05, 4.69) is 5.10 Å². The summed E-state index contributed by atoms with van der Waals surface area (Å²) in [6.07, 6.45) is 0. The van der Waals surface area contributed by atoms with E-state index in [4.69, 9.17) is 4.74 Å². The summed E-state index contributed by atoms with van der Waals surface area (Å²) in [4.78, 5) is 28.8. The van der Waals surface area contributed by atoms with Crippen LogP contribution in [0.5, 0.6) is 5.75 Å². The Kier molecular flexibility index (Phi) is 5.47. The number of ether oxygens (including phenoxy) is 1. The summed E-state index contributed by atoms with van der Waals surface area (Å²) >= 11 is 0. The van der Waals surface area contributed by atoms with E-state index in [1.165, 1.54) is 35.0 Å². The van der Waals surface area contributed by atoms with E-state index in [0.717, 1.165) is 0 Å². The maximum Gasteiger partial charge on any atom is 0.271 e. The van der Waals surface area contributed by atoms with E-state index in [9.17, 15) is 14.0 Å². The second-order valence-corrected chi connectivity index (χ2v) is 6.93. The molecule has 1 saturated heterocycles. The molecule has 1 aliphatic rings. The minimum atomic E-state index is -0.375. The van der Waals surface area contributed by atoms with E-state index in [-0.39, 0.29) is 17.3 Å². The normalized spacial score (nSPS) is 13.9. The highest BCUT2D eigenvalue weighted by atomic mass is 19.1. The molecular formula is C22H21FN4O3. The number of benzene rings is 2. The molecule has 0 aliphatic carbocycles. The van der Waals surface area contributed by atoms with Gasteiger partial charge in [0.2, 0.25) is 0 Å². The molecule has 1 fully saturated rings. The van der Waals surface area contributed by atoms with E-state index in [1.807, 2.05) is 4.90 Å². The van der Waals surface area contributed by atoms with E-state index >= 15 is 0 Å². The first-order chi connectivity index (χ1) is 14.5. The van der Waals surface area contributed by atoms with Gasteiger partial charge in [-0.15, -0.1) is 5.10 Å². The highest BCUT2D eigenvalue weighted by Gasteiger charge is 2.23. The van der Waals surface area contributed by atoms with Crippen LogP contribution in [-0.2, 0) is 0 Å². The maximum absolute atomic E-state index is 13.2. The van der Waals surface area contributed by atoms with Crippen molar-refractivity contribution in [1.29, 1.82) is 0 Å². The SMILES string of the molecule is COc1cccc(C(=O)N2CCN(c3ccc(=O)n(-c4ccc(F)cc4)n3)CC2)c1. The van der Waals surface area contributed by atoms with E-state index in [1.54, 1.807) is 42.3 Å². The number of anilines is 1. The van der Waals surface area contributed by atoms with Crippen molar-refractivity contribution in [1.82, 2.24) is 14.7 Å². The number of carbonyl (C=O) groups excluding carboxylic acids is 1. The molecule has 7 nitrogen and oxygen atoms in total. The van der Waals surface area contributed by atoms with Crippen LogP contribution in [-0.4, -0.2) is 53.9 Å². The van der Waals surface area contributed by atoms with Gasteiger partial charge in [-0.1, -0.05) is 6.07 Å². The molecule has 0 spiro atoms. The molecule has 0 atom stereocenters. The second-order valence-electron chi connectivity index (χ2n) is 6.93. The average Bonchev–Trinajstić information content (AvgIpc) is 2.80. The van der Waals surface area contributed by atoms with Gasteiger partial charge in [-0.05, 0) is 48.5 Å². The molecule has 0 bridgehead atoms. The van der Waals surface area contributed by atoms with Crippen LogP contribution in [0.1, 0.15) is 10.4 Å². The first-order valence-corrected chi connectivity index (χ1v) is 9.60. The summed E-state index contributed by atoms with van der Waals surface area (Å²) in [6.45, 7) is 2.25. The zero-order chi connectivity index (χ0) is 21.1. The molecular weight excluding hydrogens is 387 g/mol. The zero-order valence-electron chi connectivity index (χ0n) is 16.5. The van der Waals surface area contributed by atoms with Gasteiger partial charge in [-0.25, -0.2) is 4.39 Å². The molecule has 4 rings (SSSR count). The zero-order valence-corrected chi connectivity index (χ0v) is 16.5. The van der Waals surface area contributed by atoms with Crippen molar-refractivity contribution in [2.24, 2.45) is 0 Å². The summed E-state index contributed by atoms with van der Waals surface area (Å²) in [7, 11) is 1.57. The summed E-state index contributed by atoms with van der Waals surface area (Å²) in [5, 5.41) is 4.43. The Bertz CT molecular complexity index is 1110. The van der Waals surface area contributed by atoms with Crippen molar-refractivity contribution in [3.05, 3.63) is 82.4 Å². The number of carbonyl (C=O) groups is 1. The number of hydrogen-bond acceptors (Lipinski definition) is 5. The first-order valence-electron chi connectivity index (χ1n) is 9.60. The van der Waals surface area contributed by atoms with Crippen LogP contribution >= 0.6 is 0 Å². The van der Waals surface area contributed by atoms with Crippen LogP contribution in [0, 0.1) is 5.82 Å². The van der Waals surface area contributed by atoms with Gasteiger partial charge >= 0.3 is 0 Å². The smallest absolute Gasteiger partial charge is 0.271 e. The van der Waals surface area contributed by atoms with Crippen molar-refractivity contribution in [3.8, 4) is 11.4 Å². The first kappa shape index (κ1) is 19.6. The lowest BCUT2D eigenvalue weighted by molar-refractivity contribution is 0.0746. The predicted octanol–water partition coefficient (Wildman–Crippen LogP) is 2.34. The monoisotopic (exact) mass is 408 g/mol. The number of rotatable bonds is 4. The third-order valence-electron chi connectivity index (χ3n) is 5.06. The molecule has 154 valence electrons. The Morgan fingerprint density at radius 2 is 1.73 bits per heavy atom. The number of piperazine rings is 1. The van der Waals surface area contributed by atoms with Crippen molar-refractivity contribution in [2.45, 2.75) is 0 Å². The molecule has 1 amide bonds. The van der Waals surface area contributed by atoms with Gasteiger partial charge in [0.15, 0.2) is 0 Å². The van der Waals surface area contributed by atoms with Gasteiger partial charge in [0, 0.05) is 37.8 Å². The molecule has 30 heavy (non-hydrogen) atoms. The molecule has 2 aromatic carbocycles. The quantitative estimate of drug-likeness (QED) is 0.663. The molecule has 1 aliphatic heterocycles. The third kappa shape index (κ3) is 4.03. The number of hydrogen-bond donors (Lipinski definition) is 0. The van der Waals surface area contributed by atoms with E-state index in [0.29, 0.717) is 49.0 Å². The van der Waals surface area contributed by atoms with Crippen molar-refractivity contribution in [3.63, 3.8) is 0 Å². The minimum Gasteiger partial charge on any atom is -0.497 e. The molecule has 3 aromatic rings. The number of methoxy groups -OCH3 is 1. The fourth-order valence-electron chi connectivity index (χ4n) is 3.41. The molecule has 0 saturated carbocycles. The van der Waals surface area contributed by atoms with Gasteiger partial charge < -0.3 is 14.5 Å². The van der Waals surface area contributed by atoms with Gasteiger partial charge in [0.05, 0.1) is 12.8 Å². The Labute approximate surface area is 172 Å². The number of amides is 1. The fourth-order valence-corrected chi connectivity index (χ4v) is 3.41. The molecule has 1 aromatic heterocycles. The molecule has 0 unspecified atom stereocenters. The third-order valence-corrected chi connectivity index (χ3v) is 5.06.